The standard InChI is InChI=1S/C12H27BO5Si2/c1-13-14-8-9-10(16-13)11(17-19(2,3)4)12(15-9)18-20(5,6)7/h9-12H,8H2,1-7H3/t9-,10+,11-,12+/m1/s1. The zero-order valence-electron chi connectivity index (χ0n) is 13.6. The van der Waals surface area contributed by atoms with E-state index in [4.69, 9.17) is 22.9 Å². The van der Waals surface area contributed by atoms with Gasteiger partial charge in [-0.1, -0.05) is 0 Å². The number of hydrogen-bond acceptors (Lipinski definition) is 5. The molecule has 0 aliphatic carbocycles. The van der Waals surface area contributed by atoms with E-state index in [1.165, 1.54) is 0 Å². The SMILES string of the molecule is CB1OC[C@H]2O[C@@H](O[Si](C)(C)C)[C@H](O[Si](C)(C)C)[C@H]2O1. The highest BCUT2D eigenvalue weighted by Gasteiger charge is 2.52. The number of rotatable bonds is 4. The van der Waals surface area contributed by atoms with Crippen LogP contribution in [0.1, 0.15) is 0 Å². The van der Waals surface area contributed by atoms with Gasteiger partial charge in [-0.2, -0.15) is 0 Å². The van der Waals surface area contributed by atoms with Gasteiger partial charge in [0.2, 0.25) is 0 Å². The predicted octanol–water partition coefficient (Wildman–Crippen LogP) is 2.32. The summed E-state index contributed by atoms with van der Waals surface area (Å²) in [5, 5.41) is 0. The van der Waals surface area contributed by atoms with E-state index in [2.05, 4.69) is 39.3 Å². The fourth-order valence-electron chi connectivity index (χ4n) is 2.46. The first kappa shape index (κ1) is 16.7. The van der Waals surface area contributed by atoms with E-state index >= 15 is 0 Å². The van der Waals surface area contributed by atoms with Crippen molar-refractivity contribution >= 4 is 23.8 Å². The Hall–Kier alpha value is 0.299. The average Bonchev–Trinajstić information content (AvgIpc) is 2.52. The maximum absolute atomic E-state index is 6.31. The summed E-state index contributed by atoms with van der Waals surface area (Å²) < 4.78 is 29.9. The van der Waals surface area contributed by atoms with Gasteiger partial charge < -0.3 is 22.9 Å². The summed E-state index contributed by atoms with van der Waals surface area (Å²) in [6.07, 6.45) is -0.664. The lowest BCUT2D eigenvalue weighted by Gasteiger charge is -2.34. The van der Waals surface area contributed by atoms with E-state index in [0.717, 1.165) is 0 Å². The normalized spacial score (nSPS) is 35.2. The highest BCUT2D eigenvalue weighted by atomic mass is 28.4. The largest absolute Gasteiger partial charge is 0.454 e. The van der Waals surface area contributed by atoms with Gasteiger partial charge in [-0.3, -0.25) is 0 Å². The molecule has 0 aromatic rings. The quantitative estimate of drug-likeness (QED) is 0.745. The van der Waals surface area contributed by atoms with Crippen molar-refractivity contribution in [1.29, 1.82) is 0 Å². The van der Waals surface area contributed by atoms with Gasteiger partial charge in [0.25, 0.3) is 0 Å². The molecule has 2 saturated heterocycles. The molecule has 5 nitrogen and oxygen atoms in total. The molecular weight excluding hydrogens is 291 g/mol. The molecule has 0 amide bonds. The third-order valence-electron chi connectivity index (χ3n) is 3.07. The second-order valence-corrected chi connectivity index (χ2v) is 16.4. The molecule has 2 aliphatic heterocycles. The molecule has 0 unspecified atom stereocenters. The van der Waals surface area contributed by atoms with E-state index in [1.807, 2.05) is 6.82 Å². The van der Waals surface area contributed by atoms with E-state index in [1.54, 1.807) is 0 Å². The highest BCUT2D eigenvalue weighted by Crippen LogP contribution is 2.34. The summed E-state index contributed by atoms with van der Waals surface area (Å²) in [5.74, 6) is 0. The van der Waals surface area contributed by atoms with Crippen LogP contribution in [0.25, 0.3) is 0 Å². The zero-order chi connectivity index (χ0) is 15.1. The molecule has 0 N–H and O–H groups in total. The van der Waals surface area contributed by atoms with Crippen LogP contribution in [0.3, 0.4) is 0 Å². The molecule has 2 heterocycles. The summed E-state index contributed by atoms with van der Waals surface area (Å²) in [7, 11) is -3.62. The summed E-state index contributed by atoms with van der Waals surface area (Å²) in [6.45, 7) is 15.5. The third-order valence-corrected chi connectivity index (χ3v) is 4.99. The molecule has 0 radical (unpaired) electrons. The second kappa shape index (κ2) is 5.83. The van der Waals surface area contributed by atoms with Gasteiger partial charge >= 0.3 is 7.12 Å². The van der Waals surface area contributed by atoms with Gasteiger partial charge in [-0.05, 0) is 46.1 Å². The van der Waals surface area contributed by atoms with Crippen LogP contribution in [0.5, 0.6) is 0 Å². The Morgan fingerprint density at radius 2 is 1.60 bits per heavy atom. The van der Waals surface area contributed by atoms with Crippen LogP contribution in [0, 0.1) is 0 Å². The second-order valence-electron chi connectivity index (χ2n) is 7.47. The molecule has 0 bridgehead atoms. The van der Waals surface area contributed by atoms with Gasteiger partial charge in [-0.25, -0.2) is 0 Å². The molecule has 2 rings (SSSR count). The maximum atomic E-state index is 6.31. The van der Waals surface area contributed by atoms with Gasteiger partial charge in [0.15, 0.2) is 22.9 Å². The lowest BCUT2D eigenvalue weighted by Crippen LogP contribution is -2.51. The molecule has 2 aliphatic rings. The van der Waals surface area contributed by atoms with E-state index in [-0.39, 0.29) is 31.7 Å². The molecular formula is C12H27BO5Si2. The van der Waals surface area contributed by atoms with Crippen molar-refractivity contribution in [2.45, 2.75) is 70.7 Å². The van der Waals surface area contributed by atoms with Crippen molar-refractivity contribution < 1.29 is 22.9 Å². The zero-order valence-corrected chi connectivity index (χ0v) is 15.6. The molecule has 8 heteroatoms. The average molecular weight is 318 g/mol. The Morgan fingerprint density at radius 1 is 1.00 bits per heavy atom. The predicted molar refractivity (Wildman–Crippen MR) is 83.8 cm³/mol. The van der Waals surface area contributed by atoms with Crippen LogP contribution in [-0.4, -0.2) is 55.0 Å². The summed E-state index contributed by atoms with van der Waals surface area (Å²) in [6, 6.07) is 0. The van der Waals surface area contributed by atoms with Crippen LogP contribution >= 0.6 is 0 Å². The first-order valence-corrected chi connectivity index (χ1v) is 14.1. The molecule has 20 heavy (non-hydrogen) atoms. The molecule has 0 aromatic heterocycles. The van der Waals surface area contributed by atoms with Crippen molar-refractivity contribution in [1.82, 2.24) is 0 Å². The molecule has 2 fully saturated rings. The van der Waals surface area contributed by atoms with E-state index < -0.39 is 16.6 Å². The minimum Gasteiger partial charge on any atom is -0.408 e. The minimum atomic E-state index is -1.71. The number of ether oxygens (including phenoxy) is 1. The summed E-state index contributed by atoms with van der Waals surface area (Å²) >= 11 is 0. The number of hydrogen-bond donors (Lipinski definition) is 0. The van der Waals surface area contributed by atoms with Crippen LogP contribution < -0.4 is 0 Å². The van der Waals surface area contributed by atoms with Crippen molar-refractivity contribution in [2.75, 3.05) is 6.61 Å². The molecule has 0 aromatic carbocycles. The fraction of sp³-hybridized carbons (Fsp3) is 1.00. The Morgan fingerprint density at radius 3 is 2.15 bits per heavy atom. The summed E-state index contributed by atoms with van der Waals surface area (Å²) in [5.41, 5.74) is 0. The Bertz CT molecular complexity index is 344. The topological polar surface area (TPSA) is 46.2 Å². The van der Waals surface area contributed by atoms with Crippen LogP contribution in [0.15, 0.2) is 0 Å². The van der Waals surface area contributed by atoms with Crippen LogP contribution in [0.2, 0.25) is 46.1 Å². The van der Waals surface area contributed by atoms with Crippen molar-refractivity contribution in [3.63, 3.8) is 0 Å². The Labute approximate surface area is 124 Å². The monoisotopic (exact) mass is 318 g/mol. The molecule has 4 atom stereocenters. The van der Waals surface area contributed by atoms with E-state index in [0.29, 0.717) is 6.61 Å². The Balaban J connectivity index is 2.14. The van der Waals surface area contributed by atoms with Gasteiger partial charge in [-0.15, -0.1) is 0 Å². The van der Waals surface area contributed by atoms with Crippen molar-refractivity contribution in [3.05, 3.63) is 0 Å². The number of fused-ring (bicyclic) bond motifs is 1. The fourth-order valence-corrected chi connectivity index (χ4v) is 4.41. The summed E-state index contributed by atoms with van der Waals surface area (Å²) in [4.78, 5) is 0. The smallest absolute Gasteiger partial charge is 0.408 e. The van der Waals surface area contributed by atoms with Crippen LogP contribution in [-0.2, 0) is 22.9 Å². The van der Waals surface area contributed by atoms with E-state index in [9.17, 15) is 0 Å². The lowest BCUT2D eigenvalue weighted by molar-refractivity contribution is -0.119. The molecule has 0 saturated carbocycles. The van der Waals surface area contributed by atoms with Crippen LogP contribution in [0.4, 0.5) is 0 Å². The highest BCUT2D eigenvalue weighted by molar-refractivity contribution is 6.70. The first-order chi connectivity index (χ1) is 9.05. The maximum Gasteiger partial charge on any atom is 0.454 e. The van der Waals surface area contributed by atoms with Gasteiger partial charge in [0.1, 0.15) is 18.3 Å². The molecule has 116 valence electrons. The van der Waals surface area contributed by atoms with Gasteiger partial charge in [0, 0.05) is 0 Å². The lowest BCUT2D eigenvalue weighted by atomic mass is 9.91. The van der Waals surface area contributed by atoms with Crippen molar-refractivity contribution in [3.8, 4) is 0 Å². The third kappa shape index (κ3) is 4.39. The van der Waals surface area contributed by atoms with Crippen molar-refractivity contribution in [2.24, 2.45) is 0 Å². The minimum absolute atomic E-state index is 0.0890. The Kier molecular flexibility index (Phi) is 4.86. The van der Waals surface area contributed by atoms with Gasteiger partial charge in [0.05, 0.1) is 6.61 Å². The molecule has 0 spiro atoms. The first-order valence-electron chi connectivity index (χ1n) is 7.33.